The number of fused-ring (bicyclic) bond motifs is 1. The Hall–Kier alpha value is -1.62. The third-order valence-electron chi connectivity index (χ3n) is 3.67. The van der Waals surface area contributed by atoms with Gasteiger partial charge in [-0.05, 0) is 38.3 Å². The molecule has 3 rings (SSSR count). The number of hydrogen-bond acceptors (Lipinski definition) is 3. The molecule has 0 radical (unpaired) electrons. The predicted octanol–water partition coefficient (Wildman–Crippen LogP) is 0.737. The van der Waals surface area contributed by atoms with Gasteiger partial charge in [0.05, 0.1) is 0 Å². The molecule has 0 amide bonds. The van der Waals surface area contributed by atoms with Gasteiger partial charge < -0.3 is 5.32 Å². The predicted molar refractivity (Wildman–Crippen MR) is 69.9 cm³/mol. The van der Waals surface area contributed by atoms with Crippen LogP contribution in [0.3, 0.4) is 0 Å². The summed E-state index contributed by atoms with van der Waals surface area (Å²) in [6.07, 6.45) is 4.82. The summed E-state index contributed by atoms with van der Waals surface area (Å²) in [5, 5.41) is 6.30. The number of hydrogen-bond donors (Lipinski definition) is 2. The Kier molecular flexibility index (Phi) is 2.91. The van der Waals surface area contributed by atoms with E-state index in [2.05, 4.69) is 22.3 Å². The molecule has 0 aliphatic carbocycles. The maximum absolute atomic E-state index is 12.0. The van der Waals surface area contributed by atoms with E-state index in [1.54, 1.807) is 6.07 Å². The van der Waals surface area contributed by atoms with Gasteiger partial charge in [0.15, 0.2) is 5.65 Å². The van der Waals surface area contributed by atoms with E-state index in [-0.39, 0.29) is 5.56 Å². The van der Waals surface area contributed by atoms with Crippen LogP contribution in [-0.2, 0) is 12.8 Å². The molecule has 1 unspecified atom stereocenters. The molecule has 0 saturated carbocycles. The molecule has 18 heavy (non-hydrogen) atoms. The van der Waals surface area contributed by atoms with E-state index < -0.39 is 0 Å². The molecule has 1 fully saturated rings. The van der Waals surface area contributed by atoms with Crippen LogP contribution in [0, 0.1) is 5.92 Å². The number of aromatic amines is 1. The van der Waals surface area contributed by atoms with Gasteiger partial charge in [-0.15, -0.1) is 0 Å². The van der Waals surface area contributed by atoms with Gasteiger partial charge in [0.1, 0.15) is 0 Å². The van der Waals surface area contributed by atoms with Crippen molar-refractivity contribution in [2.24, 2.45) is 5.92 Å². The molecule has 0 spiro atoms. The highest BCUT2D eigenvalue weighted by Gasteiger charge is 2.17. The average molecular weight is 246 g/mol. The topological polar surface area (TPSA) is 62.2 Å². The molecule has 5 nitrogen and oxygen atoms in total. The molecular weight excluding hydrogens is 228 g/mol. The van der Waals surface area contributed by atoms with Crippen molar-refractivity contribution in [2.75, 3.05) is 13.1 Å². The van der Waals surface area contributed by atoms with Gasteiger partial charge in [-0.1, -0.05) is 6.92 Å². The summed E-state index contributed by atoms with van der Waals surface area (Å²) in [5.74, 6) is 0.614. The summed E-state index contributed by atoms with van der Waals surface area (Å²) in [7, 11) is 0. The number of aryl methyl sites for hydroxylation is 1. The maximum Gasteiger partial charge on any atom is 0.272 e. The standard InChI is InChI=1S/C13H18N4O/c1-2-10-8-15-17-12(18)6-11(16-13(10)17)5-9-3-4-14-7-9/h6,8-9,14-15H,2-5,7H2,1H3. The lowest BCUT2D eigenvalue weighted by Crippen LogP contribution is -2.18. The van der Waals surface area contributed by atoms with Gasteiger partial charge >= 0.3 is 0 Å². The largest absolute Gasteiger partial charge is 0.316 e. The first-order chi connectivity index (χ1) is 8.78. The molecule has 5 heteroatoms. The second-order valence-corrected chi connectivity index (χ2v) is 4.96. The van der Waals surface area contributed by atoms with E-state index in [0.29, 0.717) is 5.92 Å². The molecule has 2 aromatic rings. The summed E-state index contributed by atoms with van der Waals surface area (Å²) in [5.41, 5.74) is 2.79. The minimum atomic E-state index is -0.0133. The number of nitrogens with one attached hydrogen (secondary N) is 2. The third-order valence-corrected chi connectivity index (χ3v) is 3.67. The van der Waals surface area contributed by atoms with Crippen LogP contribution < -0.4 is 10.9 Å². The molecule has 2 N–H and O–H groups in total. The van der Waals surface area contributed by atoms with Crippen molar-refractivity contribution >= 4 is 5.65 Å². The highest BCUT2D eigenvalue weighted by Crippen LogP contribution is 2.14. The summed E-state index contributed by atoms with van der Waals surface area (Å²) >= 11 is 0. The second kappa shape index (κ2) is 4.57. The first-order valence-corrected chi connectivity index (χ1v) is 6.57. The summed E-state index contributed by atoms with van der Waals surface area (Å²) < 4.78 is 1.52. The smallest absolute Gasteiger partial charge is 0.272 e. The van der Waals surface area contributed by atoms with Crippen LogP contribution in [-0.4, -0.2) is 27.7 Å². The first-order valence-electron chi connectivity index (χ1n) is 6.57. The Morgan fingerprint density at radius 2 is 2.44 bits per heavy atom. The molecule has 1 atom stereocenters. The highest BCUT2D eigenvalue weighted by atomic mass is 16.1. The van der Waals surface area contributed by atoms with Gasteiger partial charge in [0.25, 0.3) is 5.56 Å². The lowest BCUT2D eigenvalue weighted by molar-refractivity contribution is 0.570. The Morgan fingerprint density at radius 1 is 1.56 bits per heavy atom. The second-order valence-electron chi connectivity index (χ2n) is 4.96. The summed E-state index contributed by atoms with van der Waals surface area (Å²) in [6, 6.07) is 1.65. The molecule has 0 aromatic carbocycles. The normalized spacial score (nSPS) is 19.7. The number of nitrogens with zero attached hydrogens (tertiary/aromatic N) is 2. The number of aromatic nitrogens is 3. The van der Waals surface area contributed by atoms with Gasteiger partial charge in [-0.3, -0.25) is 9.89 Å². The van der Waals surface area contributed by atoms with E-state index in [1.165, 1.54) is 10.9 Å². The van der Waals surface area contributed by atoms with Crippen LogP contribution >= 0.6 is 0 Å². The molecule has 1 saturated heterocycles. The Balaban J connectivity index is 1.99. The minimum Gasteiger partial charge on any atom is -0.316 e. The fourth-order valence-corrected chi connectivity index (χ4v) is 2.63. The summed E-state index contributed by atoms with van der Waals surface area (Å²) in [4.78, 5) is 16.6. The van der Waals surface area contributed by atoms with E-state index in [0.717, 1.165) is 42.8 Å². The zero-order valence-corrected chi connectivity index (χ0v) is 10.6. The van der Waals surface area contributed by atoms with Crippen molar-refractivity contribution in [1.29, 1.82) is 0 Å². The van der Waals surface area contributed by atoms with Gasteiger partial charge in [-0.2, -0.15) is 0 Å². The van der Waals surface area contributed by atoms with E-state index in [1.807, 2.05) is 6.20 Å². The maximum atomic E-state index is 12.0. The minimum absolute atomic E-state index is 0.0133. The molecule has 3 heterocycles. The lowest BCUT2D eigenvalue weighted by Gasteiger charge is -2.07. The number of rotatable bonds is 3. The first kappa shape index (κ1) is 11.5. The van der Waals surface area contributed by atoms with Crippen molar-refractivity contribution in [1.82, 2.24) is 19.9 Å². The zero-order chi connectivity index (χ0) is 12.5. The molecule has 1 aliphatic rings. The van der Waals surface area contributed by atoms with Crippen LogP contribution in [0.4, 0.5) is 0 Å². The quantitative estimate of drug-likeness (QED) is 0.839. The Bertz CT molecular complexity index is 607. The van der Waals surface area contributed by atoms with Gasteiger partial charge in [-0.25, -0.2) is 9.50 Å². The van der Waals surface area contributed by atoms with Crippen LogP contribution in [0.5, 0.6) is 0 Å². The van der Waals surface area contributed by atoms with Crippen molar-refractivity contribution in [3.05, 3.63) is 33.9 Å². The lowest BCUT2D eigenvalue weighted by atomic mass is 10.0. The van der Waals surface area contributed by atoms with Crippen LogP contribution in [0.1, 0.15) is 24.6 Å². The fourth-order valence-electron chi connectivity index (χ4n) is 2.63. The highest BCUT2D eigenvalue weighted by molar-refractivity contribution is 5.46. The molecule has 0 bridgehead atoms. The van der Waals surface area contributed by atoms with Crippen molar-refractivity contribution in [3.8, 4) is 0 Å². The van der Waals surface area contributed by atoms with E-state index >= 15 is 0 Å². The molecule has 2 aromatic heterocycles. The van der Waals surface area contributed by atoms with Crippen molar-refractivity contribution < 1.29 is 0 Å². The molecule has 1 aliphatic heterocycles. The van der Waals surface area contributed by atoms with Gasteiger partial charge in [0.2, 0.25) is 0 Å². The fraction of sp³-hybridized carbons (Fsp3) is 0.538. The Labute approximate surface area is 105 Å². The average Bonchev–Trinajstić information content (AvgIpc) is 2.98. The van der Waals surface area contributed by atoms with Crippen LogP contribution in [0.2, 0.25) is 0 Å². The van der Waals surface area contributed by atoms with E-state index in [4.69, 9.17) is 0 Å². The zero-order valence-electron chi connectivity index (χ0n) is 10.6. The Morgan fingerprint density at radius 3 is 3.17 bits per heavy atom. The monoisotopic (exact) mass is 246 g/mol. The molecule has 96 valence electrons. The van der Waals surface area contributed by atoms with E-state index in [9.17, 15) is 4.79 Å². The van der Waals surface area contributed by atoms with Gasteiger partial charge in [0, 0.05) is 23.5 Å². The van der Waals surface area contributed by atoms with Crippen LogP contribution in [0.25, 0.3) is 5.65 Å². The third kappa shape index (κ3) is 1.95. The SMILES string of the molecule is CCc1c[nH]n2c(=O)cc(CC3CCNC3)nc12. The van der Waals surface area contributed by atoms with Crippen molar-refractivity contribution in [3.63, 3.8) is 0 Å². The number of H-pyrrole nitrogens is 1. The molecular formula is C13H18N4O. The van der Waals surface area contributed by atoms with Crippen molar-refractivity contribution in [2.45, 2.75) is 26.2 Å². The van der Waals surface area contributed by atoms with Crippen LogP contribution in [0.15, 0.2) is 17.1 Å². The summed E-state index contributed by atoms with van der Waals surface area (Å²) in [6.45, 7) is 4.19.